The highest BCUT2D eigenvalue weighted by molar-refractivity contribution is 5.82. The first kappa shape index (κ1) is 15.7. The van der Waals surface area contributed by atoms with Crippen molar-refractivity contribution in [1.82, 2.24) is 15.2 Å². The lowest BCUT2D eigenvalue weighted by atomic mass is 10.1. The Labute approximate surface area is 136 Å². The molecular weight excluding hydrogens is 290 g/mol. The summed E-state index contributed by atoms with van der Waals surface area (Å²) >= 11 is 0. The summed E-state index contributed by atoms with van der Waals surface area (Å²) in [5.74, 6) is 0. The lowest BCUT2D eigenvalue weighted by molar-refractivity contribution is 0.0826. The number of ether oxygens (including phenoxy) is 1. The number of para-hydroxylation sites is 1. The Morgan fingerprint density at radius 3 is 3.04 bits per heavy atom. The van der Waals surface area contributed by atoms with Crippen LogP contribution < -0.4 is 5.32 Å². The number of pyridine rings is 1. The van der Waals surface area contributed by atoms with Gasteiger partial charge >= 0.3 is 6.03 Å². The fourth-order valence-corrected chi connectivity index (χ4v) is 2.98. The average Bonchev–Trinajstić information content (AvgIpc) is 3.10. The molecule has 1 aliphatic heterocycles. The molecule has 0 radical (unpaired) electrons. The second-order valence-electron chi connectivity index (χ2n) is 5.82. The lowest BCUT2D eigenvalue weighted by Gasteiger charge is -2.24. The van der Waals surface area contributed by atoms with Gasteiger partial charge in [0.05, 0.1) is 11.6 Å². The molecule has 2 aromatic rings. The van der Waals surface area contributed by atoms with Gasteiger partial charge < -0.3 is 15.0 Å². The minimum atomic E-state index is -0.0454. The van der Waals surface area contributed by atoms with Gasteiger partial charge in [0.25, 0.3) is 0 Å². The Bertz CT molecular complexity index is 663. The predicted molar refractivity (Wildman–Crippen MR) is 90.2 cm³/mol. The van der Waals surface area contributed by atoms with E-state index in [9.17, 15) is 4.79 Å². The van der Waals surface area contributed by atoms with Crippen molar-refractivity contribution >= 4 is 16.9 Å². The summed E-state index contributed by atoms with van der Waals surface area (Å²) < 4.78 is 5.62. The number of hydrogen-bond donors (Lipinski definition) is 1. The second-order valence-corrected chi connectivity index (χ2v) is 5.82. The maximum Gasteiger partial charge on any atom is 0.317 e. The highest BCUT2D eigenvalue weighted by Crippen LogP contribution is 2.16. The molecule has 1 saturated heterocycles. The average molecular weight is 313 g/mol. The first-order valence-corrected chi connectivity index (χ1v) is 8.25. The molecule has 0 unspecified atom stereocenters. The van der Waals surface area contributed by atoms with E-state index in [0.29, 0.717) is 19.6 Å². The van der Waals surface area contributed by atoms with Gasteiger partial charge in [0.1, 0.15) is 0 Å². The Balaban J connectivity index is 1.62. The third-order valence-electron chi connectivity index (χ3n) is 4.26. The third-order valence-corrected chi connectivity index (χ3v) is 4.26. The van der Waals surface area contributed by atoms with E-state index in [-0.39, 0.29) is 12.1 Å². The Kier molecular flexibility index (Phi) is 5.08. The smallest absolute Gasteiger partial charge is 0.317 e. The van der Waals surface area contributed by atoms with Crippen LogP contribution in [-0.2, 0) is 11.3 Å². The van der Waals surface area contributed by atoms with Crippen LogP contribution in [0.4, 0.5) is 4.79 Å². The van der Waals surface area contributed by atoms with E-state index in [2.05, 4.69) is 10.3 Å². The van der Waals surface area contributed by atoms with Crippen LogP contribution in [0, 0.1) is 0 Å². The van der Waals surface area contributed by atoms with Crippen LogP contribution in [0.15, 0.2) is 36.5 Å². The molecule has 2 amide bonds. The maximum atomic E-state index is 12.4. The number of nitrogens with zero attached hydrogens (tertiary/aromatic N) is 2. The van der Waals surface area contributed by atoms with Gasteiger partial charge in [-0.2, -0.15) is 0 Å². The number of fused-ring (bicyclic) bond motifs is 1. The number of carbonyl (C=O) groups is 1. The van der Waals surface area contributed by atoms with Crippen LogP contribution in [0.25, 0.3) is 10.9 Å². The zero-order chi connectivity index (χ0) is 16.1. The van der Waals surface area contributed by atoms with Crippen LogP contribution in [0.5, 0.6) is 0 Å². The van der Waals surface area contributed by atoms with Gasteiger partial charge in [-0.25, -0.2) is 4.79 Å². The van der Waals surface area contributed by atoms with E-state index in [1.807, 2.05) is 42.2 Å². The first-order valence-electron chi connectivity index (χ1n) is 8.25. The third kappa shape index (κ3) is 3.79. The largest absolute Gasteiger partial charge is 0.376 e. The molecule has 23 heavy (non-hydrogen) atoms. The number of rotatable bonds is 5. The maximum absolute atomic E-state index is 12.4. The van der Waals surface area contributed by atoms with Crippen LogP contribution in [0.2, 0.25) is 0 Å². The van der Waals surface area contributed by atoms with Gasteiger partial charge in [-0.3, -0.25) is 4.98 Å². The van der Waals surface area contributed by atoms with Gasteiger partial charge in [0.2, 0.25) is 0 Å². The molecule has 1 aromatic carbocycles. The number of nitrogens with one attached hydrogen (secondary N) is 1. The zero-order valence-corrected chi connectivity index (χ0v) is 13.5. The molecule has 122 valence electrons. The van der Waals surface area contributed by atoms with Crippen LogP contribution in [0.1, 0.15) is 25.3 Å². The van der Waals surface area contributed by atoms with E-state index in [4.69, 9.17) is 4.74 Å². The molecule has 0 saturated carbocycles. The van der Waals surface area contributed by atoms with E-state index in [1.54, 1.807) is 6.20 Å². The van der Waals surface area contributed by atoms with Crippen molar-refractivity contribution in [3.8, 4) is 0 Å². The van der Waals surface area contributed by atoms with Crippen molar-refractivity contribution in [1.29, 1.82) is 0 Å². The van der Waals surface area contributed by atoms with E-state index < -0.39 is 0 Å². The molecule has 1 aliphatic rings. The molecule has 5 heteroatoms. The topological polar surface area (TPSA) is 54.5 Å². The molecular formula is C18H23N3O2. The molecule has 3 rings (SSSR count). The second kappa shape index (κ2) is 7.42. The van der Waals surface area contributed by atoms with Gasteiger partial charge in [0.15, 0.2) is 0 Å². The zero-order valence-electron chi connectivity index (χ0n) is 13.5. The molecule has 5 nitrogen and oxygen atoms in total. The quantitative estimate of drug-likeness (QED) is 0.923. The van der Waals surface area contributed by atoms with Gasteiger partial charge in [-0.15, -0.1) is 0 Å². The minimum absolute atomic E-state index is 0.0454. The molecule has 1 N–H and O–H groups in total. The summed E-state index contributed by atoms with van der Waals surface area (Å²) in [6.07, 6.45) is 4.09. The van der Waals surface area contributed by atoms with E-state index >= 15 is 0 Å². The number of hydrogen-bond acceptors (Lipinski definition) is 3. The van der Waals surface area contributed by atoms with Crippen molar-refractivity contribution < 1.29 is 9.53 Å². The minimum Gasteiger partial charge on any atom is -0.376 e. The summed E-state index contributed by atoms with van der Waals surface area (Å²) in [5, 5.41) is 4.10. The number of aromatic nitrogens is 1. The fourth-order valence-electron chi connectivity index (χ4n) is 2.98. The normalized spacial score (nSPS) is 17.3. The van der Waals surface area contributed by atoms with Crippen molar-refractivity contribution in [2.45, 2.75) is 32.4 Å². The highest BCUT2D eigenvalue weighted by Gasteiger charge is 2.21. The standard InChI is InChI=1S/C18H23N3O2/c1-2-21(13-16-9-5-11-23-16)18(22)20-12-15-7-3-6-14-8-4-10-19-17(14)15/h3-4,6-8,10,16H,2,5,9,11-13H2,1H3,(H,20,22)/t16-/m1/s1. The Hall–Kier alpha value is -2.14. The van der Waals surface area contributed by atoms with Gasteiger partial charge in [-0.05, 0) is 31.4 Å². The van der Waals surface area contributed by atoms with Crippen molar-refractivity contribution in [2.75, 3.05) is 19.7 Å². The summed E-state index contributed by atoms with van der Waals surface area (Å²) in [4.78, 5) is 18.6. The molecule has 0 spiro atoms. The summed E-state index contributed by atoms with van der Waals surface area (Å²) in [7, 11) is 0. The van der Waals surface area contributed by atoms with E-state index in [1.165, 1.54) is 0 Å². The molecule has 0 bridgehead atoms. The fraction of sp³-hybridized carbons (Fsp3) is 0.444. The number of likely N-dealkylation sites (N-methyl/N-ethyl adjacent to an activating group) is 1. The molecule has 2 heterocycles. The van der Waals surface area contributed by atoms with Crippen molar-refractivity contribution in [2.24, 2.45) is 0 Å². The van der Waals surface area contributed by atoms with Crippen LogP contribution >= 0.6 is 0 Å². The summed E-state index contributed by atoms with van der Waals surface area (Å²) in [6, 6.07) is 9.94. The van der Waals surface area contributed by atoms with Crippen LogP contribution in [-0.4, -0.2) is 41.7 Å². The number of carbonyl (C=O) groups excluding carboxylic acids is 1. The lowest BCUT2D eigenvalue weighted by Crippen LogP contribution is -2.43. The van der Waals surface area contributed by atoms with Crippen molar-refractivity contribution in [3.05, 3.63) is 42.1 Å². The van der Waals surface area contributed by atoms with Crippen LogP contribution in [0.3, 0.4) is 0 Å². The number of benzene rings is 1. The van der Waals surface area contributed by atoms with Gasteiger partial charge in [-0.1, -0.05) is 24.3 Å². The molecule has 1 atom stereocenters. The molecule has 1 fully saturated rings. The first-order chi connectivity index (χ1) is 11.3. The summed E-state index contributed by atoms with van der Waals surface area (Å²) in [6.45, 7) is 4.63. The molecule has 0 aliphatic carbocycles. The Morgan fingerprint density at radius 1 is 1.39 bits per heavy atom. The predicted octanol–water partition coefficient (Wildman–Crippen LogP) is 2.95. The number of amides is 2. The van der Waals surface area contributed by atoms with Crippen molar-refractivity contribution in [3.63, 3.8) is 0 Å². The molecule has 1 aromatic heterocycles. The summed E-state index contributed by atoms with van der Waals surface area (Å²) in [5.41, 5.74) is 1.97. The van der Waals surface area contributed by atoms with Gasteiger partial charge in [0, 0.05) is 37.8 Å². The highest BCUT2D eigenvalue weighted by atomic mass is 16.5. The SMILES string of the molecule is CCN(C[C@H]1CCCO1)C(=O)NCc1cccc2cccnc12. The number of urea groups is 1. The monoisotopic (exact) mass is 313 g/mol. The van der Waals surface area contributed by atoms with E-state index in [0.717, 1.165) is 35.9 Å². The Morgan fingerprint density at radius 2 is 2.26 bits per heavy atom.